The van der Waals surface area contributed by atoms with E-state index in [4.69, 9.17) is 0 Å². The number of hydrogen-bond acceptors (Lipinski definition) is 3. The Morgan fingerprint density at radius 1 is 1.27 bits per heavy atom. The number of anilines is 2. The predicted octanol–water partition coefficient (Wildman–Crippen LogP) is 4.30. The summed E-state index contributed by atoms with van der Waals surface area (Å²) in [6, 6.07) is 6.61. The van der Waals surface area contributed by atoms with Gasteiger partial charge in [0.1, 0.15) is 12.1 Å². The molecule has 0 radical (unpaired) electrons. The predicted molar refractivity (Wildman–Crippen MR) is 90.3 cm³/mol. The number of fused-ring (bicyclic) bond motifs is 2. The van der Waals surface area contributed by atoms with Gasteiger partial charge in [0.2, 0.25) is 0 Å². The fraction of sp³-hybridized carbons (Fsp3) is 0.368. The van der Waals surface area contributed by atoms with E-state index in [0.29, 0.717) is 5.92 Å². The van der Waals surface area contributed by atoms with Crippen LogP contribution >= 0.6 is 0 Å². The van der Waals surface area contributed by atoms with Crippen molar-refractivity contribution in [3.63, 3.8) is 0 Å². The van der Waals surface area contributed by atoms with E-state index in [1.165, 1.54) is 34.4 Å². The van der Waals surface area contributed by atoms with Crippen LogP contribution in [0.25, 0.3) is 5.57 Å². The molecule has 3 heteroatoms. The lowest BCUT2D eigenvalue weighted by Gasteiger charge is -2.11. The molecular weight excluding hydrogens is 270 g/mol. The lowest BCUT2D eigenvalue weighted by molar-refractivity contribution is 0.669. The summed E-state index contributed by atoms with van der Waals surface area (Å²) in [4.78, 5) is 8.83. The largest absolute Gasteiger partial charge is 0.340 e. The van der Waals surface area contributed by atoms with Gasteiger partial charge in [-0.15, -0.1) is 0 Å². The van der Waals surface area contributed by atoms with Gasteiger partial charge >= 0.3 is 0 Å². The lowest BCUT2D eigenvalue weighted by Crippen LogP contribution is -2.01. The van der Waals surface area contributed by atoms with Crippen molar-refractivity contribution in [2.24, 2.45) is 5.92 Å². The van der Waals surface area contributed by atoms with Crippen LogP contribution in [0, 0.1) is 5.92 Å². The van der Waals surface area contributed by atoms with E-state index >= 15 is 0 Å². The van der Waals surface area contributed by atoms with Gasteiger partial charge in [-0.3, -0.25) is 0 Å². The first-order valence-corrected chi connectivity index (χ1v) is 8.18. The maximum absolute atomic E-state index is 4.45. The second-order valence-corrected chi connectivity index (χ2v) is 6.33. The minimum Gasteiger partial charge on any atom is -0.340 e. The lowest BCUT2D eigenvalue weighted by atomic mass is 9.99. The molecule has 0 aliphatic heterocycles. The Kier molecular flexibility index (Phi) is 3.21. The number of nitrogens with one attached hydrogen (secondary N) is 1. The molecule has 1 N–H and O–H groups in total. The second kappa shape index (κ2) is 5.24. The number of hydrogen-bond donors (Lipinski definition) is 1. The first-order valence-electron chi connectivity index (χ1n) is 8.18. The molecule has 0 saturated heterocycles. The third kappa shape index (κ3) is 2.12. The highest BCUT2D eigenvalue weighted by atomic mass is 15.0. The molecule has 1 aromatic carbocycles. The molecule has 112 valence electrons. The number of aryl methyl sites for hydroxylation is 1. The summed E-state index contributed by atoms with van der Waals surface area (Å²) in [5, 5.41) is 3.50. The molecule has 2 aliphatic rings. The van der Waals surface area contributed by atoms with Gasteiger partial charge in [-0.2, -0.15) is 0 Å². The van der Waals surface area contributed by atoms with Crippen molar-refractivity contribution in [1.82, 2.24) is 9.97 Å². The highest BCUT2D eigenvalue weighted by molar-refractivity contribution is 5.75. The summed E-state index contributed by atoms with van der Waals surface area (Å²) in [6.45, 7) is 6.51. The van der Waals surface area contributed by atoms with Crippen molar-refractivity contribution in [2.45, 2.75) is 39.0 Å². The van der Waals surface area contributed by atoms with Crippen molar-refractivity contribution in [1.29, 1.82) is 0 Å². The van der Waals surface area contributed by atoms with Crippen molar-refractivity contribution >= 4 is 17.1 Å². The summed E-state index contributed by atoms with van der Waals surface area (Å²) in [6.07, 6.45) is 7.30. The van der Waals surface area contributed by atoms with Crippen LogP contribution in [-0.2, 0) is 19.3 Å². The number of aromatic nitrogens is 2. The topological polar surface area (TPSA) is 37.8 Å². The second-order valence-electron chi connectivity index (χ2n) is 6.33. The Balaban J connectivity index is 1.64. The molecule has 0 amide bonds. The minimum atomic E-state index is 0.605. The Morgan fingerprint density at radius 2 is 2.18 bits per heavy atom. The standard InChI is InChI=1S/C19H21N3/c1-3-13-9-14-10-15(7-8-16(14)12(13)2)22-19-17-5-4-6-18(17)20-11-21-19/h7-8,10-11,13H,2-6,9H2,1H3,(H,20,21,22). The first-order chi connectivity index (χ1) is 10.8. The van der Waals surface area contributed by atoms with Crippen LogP contribution < -0.4 is 5.32 Å². The molecule has 2 aromatic rings. The summed E-state index contributed by atoms with van der Waals surface area (Å²) in [7, 11) is 0. The summed E-state index contributed by atoms with van der Waals surface area (Å²) < 4.78 is 0. The summed E-state index contributed by atoms with van der Waals surface area (Å²) in [5.74, 6) is 1.58. The average Bonchev–Trinajstić information content (AvgIpc) is 3.12. The number of nitrogens with zero attached hydrogens (tertiary/aromatic N) is 2. The van der Waals surface area contributed by atoms with Crippen molar-refractivity contribution < 1.29 is 0 Å². The Bertz CT molecular complexity index is 748. The normalized spacial score (nSPS) is 19.1. The summed E-state index contributed by atoms with van der Waals surface area (Å²) >= 11 is 0. The van der Waals surface area contributed by atoms with Crippen molar-refractivity contribution in [3.8, 4) is 0 Å². The monoisotopic (exact) mass is 291 g/mol. The van der Waals surface area contributed by atoms with E-state index in [9.17, 15) is 0 Å². The quantitative estimate of drug-likeness (QED) is 0.916. The van der Waals surface area contributed by atoms with E-state index in [1.807, 2.05) is 0 Å². The van der Waals surface area contributed by atoms with Gasteiger partial charge < -0.3 is 5.32 Å². The van der Waals surface area contributed by atoms with Crippen LogP contribution in [0.2, 0.25) is 0 Å². The van der Waals surface area contributed by atoms with E-state index < -0.39 is 0 Å². The molecule has 22 heavy (non-hydrogen) atoms. The molecular formula is C19H21N3. The number of allylic oxidation sites excluding steroid dienone is 1. The van der Waals surface area contributed by atoms with E-state index in [2.05, 4.69) is 47.0 Å². The zero-order valence-electron chi connectivity index (χ0n) is 13.0. The molecule has 0 spiro atoms. The highest BCUT2D eigenvalue weighted by Crippen LogP contribution is 2.39. The third-order valence-corrected chi connectivity index (χ3v) is 5.04. The van der Waals surface area contributed by atoms with Crippen LogP contribution in [0.15, 0.2) is 31.1 Å². The van der Waals surface area contributed by atoms with Crippen LogP contribution in [0.1, 0.15) is 42.1 Å². The first kappa shape index (κ1) is 13.5. The molecule has 0 saturated carbocycles. The molecule has 1 unspecified atom stereocenters. The van der Waals surface area contributed by atoms with E-state index in [-0.39, 0.29) is 0 Å². The summed E-state index contributed by atoms with van der Waals surface area (Å²) in [5.41, 5.74) is 7.66. The molecule has 3 nitrogen and oxygen atoms in total. The van der Waals surface area contributed by atoms with Crippen LogP contribution in [0.5, 0.6) is 0 Å². The van der Waals surface area contributed by atoms with Gasteiger partial charge in [-0.25, -0.2) is 9.97 Å². The van der Waals surface area contributed by atoms with Gasteiger partial charge in [0.15, 0.2) is 0 Å². The highest BCUT2D eigenvalue weighted by Gasteiger charge is 2.24. The van der Waals surface area contributed by atoms with Crippen LogP contribution in [0.4, 0.5) is 11.5 Å². The number of rotatable bonds is 3. The average molecular weight is 291 g/mol. The number of benzene rings is 1. The van der Waals surface area contributed by atoms with Crippen LogP contribution in [0.3, 0.4) is 0 Å². The Labute approximate surface area is 131 Å². The Morgan fingerprint density at radius 3 is 3.05 bits per heavy atom. The van der Waals surface area contributed by atoms with Gasteiger partial charge in [0.25, 0.3) is 0 Å². The molecule has 4 rings (SSSR count). The van der Waals surface area contributed by atoms with Gasteiger partial charge in [0, 0.05) is 16.9 Å². The molecule has 0 fully saturated rings. The maximum Gasteiger partial charge on any atom is 0.137 e. The SMILES string of the molecule is C=C1c2ccc(Nc3ncnc4c3CCC4)cc2CC1CC. The maximum atomic E-state index is 4.45. The van der Waals surface area contributed by atoms with E-state index in [1.54, 1.807) is 6.33 Å². The van der Waals surface area contributed by atoms with Crippen molar-refractivity contribution in [2.75, 3.05) is 5.32 Å². The molecule has 0 bridgehead atoms. The fourth-order valence-electron chi connectivity index (χ4n) is 3.76. The third-order valence-electron chi connectivity index (χ3n) is 5.04. The molecule has 1 heterocycles. The molecule has 1 aromatic heterocycles. The zero-order chi connectivity index (χ0) is 15.1. The molecule has 1 atom stereocenters. The van der Waals surface area contributed by atoms with E-state index in [0.717, 1.165) is 37.2 Å². The smallest absolute Gasteiger partial charge is 0.137 e. The van der Waals surface area contributed by atoms with Gasteiger partial charge in [-0.1, -0.05) is 19.6 Å². The van der Waals surface area contributed by atoms with Crippen LogP contribution in [-0.4, -0.2) is 9.97 Å². The fourth-order valence-corrected chi connectivity index (χ4v) is 3.76. The molecule has 2 aliphatic carbocycles. The van der Waals surface area contributed by atoms with Crippen molar-refractivity contribution in [3.05, 3.63) is 53.5 Å². The van der Waals surface area contributed by atoms with Gasteiger partial charge in [0.05, 0.1) is 0 Å². The van der Waals surface area contributed by atoms with Gasteiger partial charge in [-0.05, 0) is 66.9 Å². The Hall–Kier alpha value is -2.16. The minimum absolute atomic E-state index is 0.605. The zero-order valence-corrected chi connectivity index (χ0v) is 13.0.